The van der Waals surface area contributed by atoms with Gasteiger partial charge in [-0.1, -0.05) is 44.6 Å². The Morgan fingerprint density at radius 2 is 1.94 bits per heavy atom. The summed E-state index contributed by atoms with van der Waals surface area (Å²) in [6, 6.07) is -0.930. The number of hydrogen-bond acceptors (Lipinski definition) is 6. The molecule has 2 amide bonds. The van der Waals surface area contributed by atoms with Crippen molar-refractivity contribution in [1.82, 2.24) is 9.80 Å². The first-order chi connectivity index (χ1) is 15.4. The minimum atomic E-state index is -1.28. The van der Waals surface area contributed by atoms with Gasteiger partial charge >= 0.3 is 5.97 Å². The maximum atomic E-state index is 13.9. The molecule has 0 aliphatic carbocycles. The third kappa shape index (κ3) is 3.22. The fraction of sp³-hybridized carbons (Fsp3) is 0.708. The van der Waals surface area contributed by atoms with E-state index in [9.17, 15) is 19.5 Å². The number of esters is 1. The second kappa shape index (κ2) is 8.63. The number of amides is 2. The maximum absolute atomic E-state index is 13.9. The van der Waals surface area contributed by atoms with Crippen LogP contribution in [0.25, 0.3) is 0 Å². The Labute approximate surface area is 189 Å². The van der Waals surface area contributed by atoms with Crippen LogP contribution in [-0.2, 0) is 23.9 Å². The summed E-state index contributed by atoms with van der Waals surface area (Å²) in [5.41, 5.74) is -2.30. The molecule has 2 saturated heterocycles. The molecule has 0 bridgehead atoms. The minimum Gasteiger partial charge on any atom is -0.465 e. The number of cyclic esters (lactones) is 1. The van der Waals surface area contributed by atoms with Gasteiger partial charge in [-0.25, -0.2) is 0 Å². The molecule has 1 N–H and O–H groups in total. The lowest BCUT2D eigenvalue weighted by molar-refractivity contribution is -0.162. The van der Waals surface area contributed by atoms with Crippen molar-refractivity contribution in [3.8, 4) is 0 Å². The van der Waals surface area contributed by atoms with Crippen LogP contribution in [0.3, 0.4) is 0 Å². The Balaban J connectivity index is 1.86. The van der Waals surface area contributed by atoms with Gasteiger partial charge in [0.05, 0.1) is 19.1 Å². The van der Waals surface area contributed by atoms with Crippen molar-refractivity contribution >= 4 is 17.8 Å². The summed E-state index contributed by atoms with van der Waals surface area (Å²) in [5, 5.41) is 9.69. The Morgan fingerprint density at radius 3 is 2.62 bits per heavy atom. The molecule has 32 heavy (non-hydrogen) atoms. The van der Waals surface area contributed by atoms with E-state index >= 15 is 0 Å². The Bertz CT molecular complexity index is 840. The number of carbonyl (C=O) groups excluding carboxylic acids is 3. The number of aliphatic hydroxyl groups is 1. The highest BCUT2D eigenvalue weighted by molar-refractivity contribution is 5.99. The van der Waals surface area contributed by atoms with Crippen LogP contribution in [0.1, 0.15) is 46.5 Å². The first-order valence-corrected chi connectivity index (χ1v) is 11.8. The smallest absolute Gasteiger partial charge is 0.313 e. The Kier molecular flexibility index (Phi) is 6.20. The minimum absolute atomic E-state index is 0.00231. The van der Waals surface area contributed by atoms with Gasteiger partial charge in [-0.15, -0.1) is 0 Å². The normalized spacial score (nSPS) is 37.4. The number of likely N-dealkylation sites (tertiary alicyclic amines) is 1. The van der Waals surface area contributed by atoms with Crippen LogP contribution in [0, 0.1) is 11.8 Å². The largest absolute Gasteiger partial charge is 0.465 e. The summed E-state index contributed by atoms with van der Waals surface area (Å²) in [6.07, 6.45) is 10.4. The summed E-state index contributed by atoms with van der Waals surface area (Å²) in [5.74, 6) is -2.72. The molecule has 176 valence electrons. The Morgan fingerprint density at radius 1 is 1.16 bits per heavy atom. The third-order valence-corrected chi connectivity index (χ3v) is 7.51. The molecular formula is C24H34N2O6. The van der Waals surface area contributed by atoms with Crippen molar-refractivity contribution in [1.29, 1.82) is 0 Å². The number of hydrogen-bond donors (Lipinski definition) is 1. The van der Waals surface area contributed by atoms with E-state index in [-0.39, 0.29) is 37.6 Å². The molecule has 6 atom stereocenters. The van der Waals surface area contributed by atoms with E-state index in [0.717, 1.165) is 12.8 Å². The SMILES string of the molecule is CCCC(C)N1CC=C[C@]23O[C@]4(CC)C=CCCOC(=O)[C@@H]4[C@H]2C(=O)N(CCO)C3C1=O. The van der Waals surface area contributed by atoms with Crippen LogP contribution in [0.2, 0.25) is 0 Å². The van der Waals surface area contributed by atoms with Gasteiger partial charge in [0.15, 0.2) is 0 Å². The average molecular weight is 447 g/mol. The summed E-state index contributed by atoms with van der Waals surface area (Å²) in [7, 11) is 0. The molecular weight excluding hydrogens is 412 g/mol. The highest BCUT2D eigenvalue weighted by Gasteiger charge is 2.75. The highest BCUT2D eigenvalue weighted by atomic mass is 16.6. The third-order valence-electron chi connectivity index (χ3n) is 7.51. The zero-order valence-electron chi connectivity index (χ0n) is 19.2. The summed E-state index contributed by atoms with van der Waals surface area (Å²) < 4.78 is 12.2. The average Bonchev–Trinajstić information content (AvgIpc) is 3.09. The quantitative estimate of drug-likeness (QED) is 0.490. The molecule has 4 aliphatic heterocycles. The molecule has 0 aromatic carbocycles. The highest BCUT2D eigenvalue weighted by Crippen LogP contribution is 2.58. The van der Waals surface area contributed by atoms with Crippen LogP contribution in [0.5, 0.6) is 0 Å². The van der Waals surface area contributed by atoms with Gasteiger partial charge < -0.3 is 24.4 Å². The molecule has 0 radical (unpaired) electrons. The number of aliphatic hydroxyl groups excluding tert-OH is 1. The number of fused-ring (bicyclic) bond motifs is 2. The lowest BCUT2D eigenvalue weighted by atomic mass is 9.73. The van der Waals surface area contributed by atoms with Crippen LogP contribution < -0.4 is 0 Å². The molecule has 1 spiro atoms. The molecule has 8 nitrogen and oxygen atoms in total. The van der Waals surface area contributed by atoms with Crippen LogP contribution in [0.4, 0.5) is 0 Å². The molecule has 4 aliphatic rings. The van der Waals surface area contributed by atoms with E-state index in [4.69, 9.17) is 9.47 Å². The van der Waals surface area contributed by atoms with E-state index in [1.807, 2.05) is 38.2 Å². The fourth-order valence-corrected chi connectivity index (χ4v) is 6.06. The molecule has 4 rings (SSSR count). The van der Waals surface area contributed by atoms with E-state index in [2.05, 4.69) is 6.92 Å². The molecule has 0 aromatic rings. The first kappa shape index (κ1) is 23.0. The molecule has 2 unspecified atom stereocenters. The number of rotatable bonds is 6. The predicted molar refractivity (Wildman–Crippen MR) is 116 cm³/mol. The van der Waals surface area contributed by atoms with E-state index < -0.39 is 35.0 Å². The molecule has 4 heterocycles. The van der Waals surface area contributed by atoms with E-state index in [0.29, 0.717) is 19.4 Å². The molecule has 2 fully saturated rings. The van der Waals surface area contributed by atoms with Gasteiger partial charge in [-0.2, -0.15) is 0 Å². The number of ether oxygens (including phenoxy) is 2. The van der Waals surface area contributed by atoms with Crippen molar-refractivity contribution in [3.05, 3.63) is 24.3 Å². The Hall–Kier alpha value is -2.19. The topological polar surface area (TPSA) is 96.4 Å². The van der Waals surface area contributed by atoms with Gasteiger partial charge in [-0.3, -0.25) is 14.4 Å². The van der Waals surface area contributed by atoms with Crippen LogP contribution in [0.15, 0.2) is 24.3 Å². The van der Waals surface area contributed by atoms with Crippen molar-refractivity contribution in [3.63, 3.8) is 0 Å². The van der Waals surface area contributed by atoms with Crippen molar-refractivity contribution in [2.24, 2.45) is 11.8 Å². The lowest BCUT2D eigenvalue weighted by Gasteiger charge is -2.39. The predicted octanol–water partition coefficient (Wildman–Crippen LogP) is 1.43. The first-order valence-electron chi connectivity index (χ1n) is 11.8. The van der Waals surface area contributed by atoms with Crippen LogP contribution in [-0.4, -0.2) is 82.3 Å². The van der Waals surface area contributed by atoms with Gasteiger partial charge in [0, 0.05) is 19.1 Å². The van der Waals surface area contributed by atoms with Crippen molar-refractivity contribution in [2.45, 2.75) is 69.7 Å². The van der Waals surface area contributed by atoms with Gasteiger partial charge in [0.2, 0.25) is 11.8 Å². The summed E-state index contributed by atoms with van der Waals surface area (Å²) in [6.45, 7) is 6.41. The summed E-state index contributed by atoms with van der Waals surface area (Å²) in [4.78, 5) is 44.1. The summed E-state index contributed by atoms with van der Waals surface area (Å²) >= 11 is 0. The van der Waals surface area contributed by atoms with E-state index in [1.54, 1.807) is 4.90 Å². The monoisotopic (exact) mass is 446 g/mol. The van der Waals surface area contributed by atoms with Gasteiger partial charge in [-0.05, 0) is 26.2 Å². The van der Waals surface area contributed by atoms with Crippen molar-refractivity contribution in [2.75, 3.05) is 26.3 Å². The number of β-amino-alcohol motifs (C(OH)–C–C–N with tert-alkyl or cyclic N) is 1. The zero-order valence-corrected chi connectivity index (χ0v) is 19.2. The molecule has 0 aromatic heterocycles. The van der Waals surface area contributed by atoms with Crippen LogP contribution >= 0.6 is 0 Å². The standard InChI is InChI=1S/C24H34N2O6/c1-4-9-16(3)25-12-8-11-24-17(20(28)26(13-14-27)19(24)21(25)29)18-22(30)31-15-7-6-10-23(18,5-2)32-24/h6,8,10-11,16-19,27H,4-5,7,9,12-15H2,1-3H3/t16?,17-,18-,19?,23+,24-/m0/s1. The van der Waals surface area contributed by atoms with Gasteiger partial charge in [0.25, 0.3) is 0 Å². The zero-order chi connectivity index (χ0) is 23.1. The van der Waals surface area contributed by atoms with Gasteiger partial charge in [0.1, 0.15) is 23.2 Å². The van der Waals surface area contributed by atoms with Crippen molar-refractivity contribution < 1.29 is 29.0 Å². The second-order valence-electron chi connectivity index (χ2n) is 9.27. The van der Waals surface area contributed by atoms with E-state index in [1.165, 1.54) is 4.90 Å². The second-order valence-corrected chi connectivity index (χ2v) is 9.27. The maximum Gasteiger partial charge on any atom is 0.313 e. The molecule has 8 heteroatoms. The number of nitrogens with zero attached hydrogens (tertiary/aromatic N) is 2. The fourth-order valence-electron chi connectivity index (χ4n) is 6.06. The molecule has 0 saturated carbocycles. The number of carbonyl (C=O) groups is 3. The lowest BCUT2D eigenvalue weighted by Crippen LogP contribution is -2.57.